The van der Waals surface area contributed by atoms with Crippen molar-refractivity contribution in [2.24, 2.45) is 0 Å². The minimum absolute atomic E-state index is 0.0335. The van der Waals surface area contributed by atoms with Gasteiger partial charge < -0.3 is 9.47 Å². The van der Waals surface area contributed by atoms with E-state index in [0.717, 1.165) is 32.5 Å². The van der Waals surface area contributed by atoms with Crippen LogP contribution in [0.1, 0.15) is 23.3 Å². The second kappa shape index (κ2) is 6.43. The highest BCUT2D eigenvalue weighted by molar-refractivity contribution is 7.10. The van der Waals surface area contributed by atoms with E-state index in [9.17, 15) is 4.39 Å². The zero-order valence-electron chi connectivity index (χ0n) is 13.7. The third kappa shape index (κ3) is 3.18. The summed E-state index contributed by atoms with van der Waals surface area (Å²) in [7, 11) is 0. The van der Waals surface area contributed by atoms with Gasteiger partial charge in [-0.15, -0.1) is 11.3 Å². The molecule has 4 heterocycles. The van der Waals surface area contributed by atoms with E-state index in [1.54, 1.807) is 12.3 Å². The lowest BCUT2D eigenvalue weighted by Crippen LogP contribution is -2.65. The monoisotopic (exact) mass is 348 g/mol. The summed E-state index contributed by atoms with van der Waals surface area (Å²) in [5, 5.41) is 2.14. The lowest BCUT2D eigenvalue weighted by atomic mass is 9.84. The molecule has 1 spiro atoms. The quantitative estimate of drug-likeness (QED) is 0.848. The van der Waals surface area contributed by atoms with Crippen molar-refractivity contribution in [1.29, 1.82) is 0 Å². The molecule has 6 heteroatoms. The Labute approximate surface area is 145 Å². The first-order chi connectivity index (χ1) is 11.6. The first kappa shape index (κ1) is 16.0. The molecule has 0 aliphatic carbocycles. The van der Waals surface area contributed by atoms with Crippen LogP contribution in [-0.4, -0.2) is 41.3 Å². The number of likely N-dealkylation sites (tertiary alicyclic amines) is 1. The Kier molecular flexibility index (Phi) is 4.28. The molecule has 24 heavy (non-hydrogen) atoms. The summed E-state index contributed by atoms with van der Waals surface area (Å²) in [6.07, 6.45) is 3.10. The Morgan fingerprint density at radius 2 is 2.33 bits per heavy atom. The molecule has 0 amide bonds. The van der Waals surface area contributed by atoms with Gasteiger partial charge in [0.1, 0.15) is 6.10 Å². The second-order valence-electron chi connectivity index (χ2n) is 6.73. The van der Waals surface area contributed by atoms with Gasteiger partial charge in [-0.3, -0.25) is 4.90 Å². The topological polar surface area (TPSA) is 34.6 Å². The fourth-order valence-corrected chi connectivity index (χ4v) is 4.52. The van der Waals surface area contributed by atoms with Crippen LogP contribution in [0, 0.1) is 12.7 Å². The normalized spacial score (nSPS) is 23.2. The molecule has 0 radical (unpaired) electrons. The van der Waals surface area contributed by atoms with Gasteiger partial charge in [0.15, 0.2) is 5.82 Å². The third-order valence-corrected chi connectivity index (χ3v) is 5.82. The summed E-state index contributed by atoms with van der Waals surface area (Å²) >= 11 is 1.81. The number of halogens is 1. The molecule has 0 bridgehead atoms. The zero-order chi connectivity index (χ0) is 16.6. The Morgan fingerprint density at radius 1 is 1.46 bits per heavy atom. The van der Waals surface area contributed by atoms with E-state index in [-0.39, 0.29) is 17.6 Å². The lowest BCUT2D eigenvalue weighted by Gasteiger charge is -2.53. The predicted octanol–water partition coefficient (Wildman–Crippen LogP) is 3.40. The standard InChI is InChI=1S/C18H21FN2O2S/c1-13-5-8-24-16(13)10-21-11-18(12-21)9-14(4-7-22-18)23-17-15(19)3-2-6-20-17/h2-3,5-6,8,14H,4,7,9-12H2,1H3/t14-/m1/s1. The summed E-state index contributed by atoms with van der Waals surface area (Å²) in [5.41, 5.74) is 1.22. The van der Waals surface area contributed by atoms with Crippen molar-refractivity contribution in [2.75, 3.05) is 19.7 Å². The van der Waals surface area contributed by atoms with Crippen LogP contribution < -0.4 is 4.74 Å². The van der Waals surface area contributed by atoms with Gasteiger partial charge >= 0.3 is 0 Å². The Balaban J connectivity index is 1.34. The van der Waals surface area contributed by atoms with Crippen molar-refractivity contribution < 1.29 is 13.9 Å². The fraction of sp³-hybridized carbons (Fsp3) is 0.500. The van der Waals surface area contributed by atoms with Gasteiger partial charge in [0.2, 0.25) is 0 Å². The molecule has 1 atom stereocenters. The summed E-state index contributed by atoms with van der Waals surface area (Å²) < 4.78 is 25.6. The number of hydrogen-bond acceptors (Lipinski definition) is 5. The van der Waals surface area contributed by atoms with Gasteiger partial charge in [0, 0.05) is 43.5 Å². The predicted molar refractivity (Wildman–Crippen MR) is 90.9 cm³/mol. The van der Waals surface area contributed by atoms with E-state index in [1.165, 1.54) is 16.5 Å². The minimum Gasteiger partial charge on any atom is -0.472 e. The number of pyridine rings is 1. The molecule has 0 aromatic carbocycles. The highest BCUT2D eigenvalue weighted by Crippen LogP contribution is 2.37. The SMILES string of the molecule is Cc1ccsc1CN1CC2(C[C@H](Oc3ncccc3F)CCO2)C1. The van der Waals surface area contributed by atoms with E-state index in [2.05, 4.69) is 28.3 Å². The maximum Gasteiger partial charge on any atom is 0.250 e. The van der Waals surface area contributed by atoms with Crippen LogP contribution in [0.15, 0.2) is 29.8 Å². The maximum atomic E-state index is 13.7. The number of hydrogen-bond donors (Lipinski definition) is 0. The molecular formula is C18H21FN2O2S. The molecule has 0 saturated carbocycles. The smallest absolute Gasteiger partial charge is 0.250 e. The van der Waals surface area contributed by atoms with Gasteiger partial charge in [-0.1, -0.05) is 0 Å². The van der Waals surface area contributed by atoms with Crippen LogP contribution in [0.25, 0.3) is 0 Å². The van der Waals surface area contributed by atoms with E-state index in [4.69, 9.17) is 9.47 Å². The van der Waals surface area contributed by atoms with Crippen molar-refractivity contribution in [3.05, 3.63) is 46.0 Å². The van der Waals surface area contributed by atoms with Crippen molar-refractivity contribution in [3.8, 4) is 5.88 Å². The lowest BCUT2D eigenvalue weighted by molar-refractivity contribution is -0.188. The summed E-state index contributed by atoms with van der Waals surface area (Å²) in [5.74, 6) is -0.300. The molecule has 2 aliphatic heterocycles. The molecule has 0 N–H and O–H groups in total. The summed E-state index contributed by atoms with van der Waals surface area (Å²) in [4.78, 5) is 7.82. The van der Waals surface area contributed by atoms with E-state index >= 15 is 0 Å². The first-order valence-electron chi connectivity index (χ1n) is 8.30. The molecule has 2 aromatic rings. The number of aromatic nitrogens is 1. The number of thiophene rings is 1. The van der Waals surface area contributed by atoms with Crippen LogP contribution in [0.2, 0.25) is 0 Å². The summed E-state index contributed by atoms with van der Waals surface area (Å²) in [6, 6.07) is 5.12. The average molecular weight is 348 g/mol. The van der Waals surface area contributed by atoms with Crippen LogP contribution in [0.5, 0.6) is 5.88 Å². The highest BCUT2D eigenvalue weighted by atomic mass is 32.1. The molecule has 128 valence electrons. The van der Waals surface area contributed by atoms with E-state index in [1.807, 2.05) is 11.3 Å². The van der Waals surface area contributed by atoms with Crippen molar-refractivity contribution in [2.45, 2.75) is 38.0 Å². The Morgan fingerprint density at radius 3 is 3.08 bits per heavy atom. The van der Waals surface area contributed by atoms with Crippen molar-refractivity contribution >= 4 is 11.3 Å². The molecular weight excluding hydrogens is 327 g/mol. The molecule has 4 rings (SSSR count). The van der Waals surface area contributed by atoms with Gasteiger partial charge in [0.25, 0.3) is 5.88 Å². The van der Waals surface area contributed by atoms with E-state index in [0.29, 0.717) is 6.61 Å². The summed E-state index contributed by atoms with van der Waals surface area (Å²) in [6.45, 7) is 5.62. The van der Waals surface area contributed by atoms with Gasteiger partial charge in [-0.2, -0.15) is 0 Å². The van der Waals surface area contributed by atoms with Gasteiger partial charge in [-0.25, -0.2) is 9.37 Å². The molecule has 4 nitrogen and oxygen atoms in total. The first-order valence-corrected chi connectivity index (χ1v) is 9.18. The maximum absolute atomic E-state index is 13.7. The number of aryl methyl sites for hydroxylation is 1. The average Bonchev–Trinajstić information content (AvgIpc) is 2.94. The number of ether oxygens (including phenoxy) is 2. The molecule has 2 aliphatic rings. The number of rotatable bonds is 4. The Bertz CT molecular complexity index is 715. The van der Waals surface area contributed by atoms with Crippen molar-refractivity contribution in [3.63, 3.8) is 0 Å². The molecule has 2 aromatic heterocycles. The van der Waals surface area contributed by atoms with Crippen molar-refractivity contribution in [1.82, 2.24) is 9.88 Å². The zero-order valence-corrected chi connectivity index (χ0v) is 14.5. The largest absolute Gasteiger partial charge is 0.472 e. The van der Waals surface area contributed by atoms with Gasteiger partial charge in [0.05, 0.1) is 12.2 Å². The van der Waals surface area contributed by atoms with Gasteiger partial charge in [-0.05, 0) is 36.1 Å². The van der Waals surface area contributed by atoms with Crippen LogP contribution in [0.4, 0.5) is 4.39 Å². The fourth-order valence-electron chi connectivity index (χ4n) is 3.57. The number of nitrogens with zero attached hydrogens (tertiary/aromatic N) is 2. The Hall–Kier alpha value is -1.50. The molecule has 2 fully saturated rings. The van der Waals surface area contributed by atoms with Crippen LogP contribution in [0.3, 0.4) is 0 Å². The van der Waals surface area contributed by atoms with Crippen LogP contribution >= 0.6 is 11.3 Å². The molecule has 2 saturated heterocycles. The molecule has 0 unspecified atom stereocenters. The second-order valence-corrected chi connectivity index (χ2v) is 7.73. The van der Waals surface area contributed by atoms with Crippen LogP contribution in [-0.2, 0) is 11.3 Å². The highest BCUT2D eigenvalue weighted by Gasteiger charge is 2.48. The van der Waals surface area contributed by atoms with E-state index < -0.39 is 5.82 Å². The third-order valence-electron chi connectivity index (χ3n) is 4.81. The minimum atomic E-state index is -0.401.